The van der Waals surface area contributed by atoms with Crippen molar-refractivity contribution in [1.82, 2.24) is 9.19 Å². The van der Waals surface area contributed by atoms with Gasteiger partial charge in [0.15, 0.2) is 0 Å². The molecule has 116 valence electrons. The van der Waals surface area contributed by atoms with Crippen LogP contribution in [-0.4, -0.2) is 37.6 Å². The van der Waals surface area contributed by atoms with Crippen molar-refractivity contribution in [2.45, 2.75) is 32.3 Å². The minimum atomic E-state index is -0.367. The predicted octanol–water partition coefficient (Wildman–Crippen LogP) is 2.63. The molecule has 0 unspecified atom stereocenters. The predicted molar refractivity (Wildman–Crippen MR) is 82.8 cm³/mol. The van der Waals surface area contributed by atoms with Gasteiger partial charge >= 0.3 is 135 Å². The molecule has 1 saturated carbocycles. The molecule has 1 aliphatic carbocycles. The van der Waals surface area contributed by atoms with Crippen molar-refractivity contribution >= 4 is 14.7 Å². The molecule has 1 aromatic heterocycles. The Morgan fingerprint density at radius 3 is 2.86 bits per heavy atom. The summed E-state index contributed by atoms with van der Waals surface area (Å²) in [5, 5.41) is 4.34. The van der Waals surface area contributed by atoms with Crippen molar-refractivity contribution in [3.8, 4) is 28.5 Å². The SMILES string of the molecule is COc1cc2c(cc1OCC1CC1)OC(C)(C)c1[se]nnc1-2. The van der Waals surface area contributed by atoms with E-state index in [1.165, 1.54) is 17.3 Å². The molecule has 0 atom stereocenters. The minimum absolute atomic E-state index is 0.0188. The third-order valence-electron chi connectivity index (χ3n) is 4.09. The summed E-state index contributed by atoms with van der Waals surface area (Å²) in [5.41, 5.74) is 1.53. The summed E-state index contributed by atoms with van der Waals surface area (Å²) >= 11 is 0.0188. The van der Waals surface area contributed by atoms with E-state index >= 15 is 0 Å². The van der Waals surface area contributed by atoms with Crippen LogP contribution in [0.3, 0.4) is 0 Å². The summed E-state index contributed by atoms with van der Waals surface area (Å²) in [5.74, 6) is 2.96. The molecule has 0 amide bonds. The first-order valence-electron chi connectivity index (χ1n) is 7.45. The van der Waals surface area contributed by atoms with Gasteiger partial charge < -0.3 is 0 Å². The zero-order valence-electron chi connectivity index (χ0n) is 12.9. The Bertz CT molecular complexity index is 722. The molecule has 0 radical (unpaired) electrons. The van der Waals surface area contributed by atoms with Crippen LogP contribution in [0, 0.1) is 5.92 Å². The average molecular weight is 365 g/mol. The number of hydrogen-bond donors (Lipinski definition) is 0. The van der Waals surface area contributed by atoms with Gasteiger partial charge in [0.2, 0.25) is 0 Å². The molecular formula is C16H18N2O3Se. The number of hydrogen-bond acceptors (Lipinski definition) is 5. The first kappa shape index (κ1) is 14.1. The molecule has 2 aliphatic rings. The average Bonchev–Trinajstić information content (AvgIpc) is 3.17. The number of ether oxygens (including phenoxy) is 3. The molecule has 5 nitrogen and oxygen atoms in total. The van der Waals surface area contributed by atoms with Crippen LogP contribution in [0.15, 0.2) is 12.1 Å². The number of benzene rings is 1. The van der Waals surface area contributed by atoms with Crippen molar-refractivity contribution < 1.29 is 14.2 Å². The number of rotatable bonds is 4. The third kappa shape index (κ3) is 2.31. The molecule has 4 rings (SSSR count). The fourth-order valence-electron chi connectivity index (χ4n) is 2.66. The van der Waals surface area contributed by atoms with Crippen LogP contribution in [0.1, 0.15) is 31.1 Å². The maximum absolute atomic E-state index is 6.20. The second-order valence-electron chi connectivity index (χ2n) is 6.32. The van der Waals surface area contributed by atoms with Crippen molar-refractivity contribution in [3.05, 3.63) is 16.6 Å². The van der Waals surface area contributed by atoms with E-state index in [1.54, 1.807) is 7.11 Å². The van der Waals surface area contributed by atoms with E-state index in [4.69, 9.17) is 14.2 Å². The number of nitrogens with zero attached hydrogens (tertiary/aromatic N) is 2. The standard InChI is InChI=1S/C16H18N2O3Se/c1-16(2)15-14(17-18-22-15)10-6-12(19-3)13(7-11(10)21-16)20-8-9-4-5-9/h6-7,9H,4-5,8H2,1-3H3. The van der Waals surface area contributed by atoms with E-state index < -0.39 is 0 Å². The van der Waals surface area contributed by atoms with Crippen LogP contribution >= 0.6 is 0 Å². The van der Waals surface area contributed by atoms with Crippen LogP contribution in [0.4, 0.5) is 0 Å². The topological polar surface area (TPSA) is 53.5 Å². The van der Waals surface area contributed by atoms with Gasteiger partial charge in [0, 0.05) is 0 Å². The Hall–Kier alpha value is -1.52. The fraction of sp³-hybridized carbons (Fsp3) is 0.500. The molecule has 0 saturated heterocycles. The van der Waals surface area contributed by atoms with Crippen LogP contribution < -0.4 is 14.2 Å². The molecule has 6 heteroatoms. The Morgan fingerprint density at radius 1 is 1.32 bits per heavy atom. The van der Waals surface area contributed by atoms with Crippen molar-refractivity contribution in [2.75, 3.05) is 13.7 Å². The van der Waals surface area contributed by atoms with Crippen LogP contribution in [-0.2, 0) is 5.60 Å². The molecular weight excluding hydrogens is 347 g/mol. The second-order valence-corrected chi connectivity index (χ2v) is 7.90. The van der Waals surface area contributed by atoms with E-state index in [9.17, 15) is 0 Å². The van der Waals surface area contributed by atoms with E-state index in [1.807, 2.05) is 12.1 Å². The quantitative estimate of drug-likeness (QED) is 0.780. The normalized spacial score (nSPS) is 18.1. The van der Waals surface area contributed by atoms with Gasteiger partial charge in [0.05, 0.1) is 0 Å². The van der Waals surface area contributed by atoms with Gasteiger partial charge in [-0.05, 0) is 0 Å². The van der Waals surface area contributed by atoms with Crippen molar-refractivity contribution in [3.63, 3.8) is 0 Å². The molecule has 2 heterocycles. The Kier molecular flexibility index (Phi) is 3.20. The fourth-order valence-corrected chi connectivity index (χ4v) is 4.13. The molecule has 0 bridgehead atoms. The van der Waals surface area contributed by atoms with Gasteiger partial charge in [0.25, 0.3) is 0 Å². The van der Waals surface area contributed by atoms with E-state index in [0.29, 0.717) is 5.92 Å². The Morgan fingerprint density at radius 2 is 2.14 bits per heavy atom. The van der Waals surface area contributed by atoms with E-state index in [0.717, 1.165) is 35.1 Å². The molecule has 1 aromatic carbocycles. The Labute approximate surface area is 135 Å². The number of fused-ring (bicyclic) bond motifs is 3. The molecule has 22 heavy (non-hydrogen) atoms. The van der Waals surface area contributed by atoms with E-state index in [-0.39, 0.29) is 20.3 Å². The van der Waals surface area contributed by atoms with Crippen LogP contribution in [0.5, 0.6) is 17.2 Å². The zero-order valence-corrected chi connectivity index (χ0v) is 14.6. The van der Waals surface area contributed by atoms with Gasteiger partial charge in [0.1, 0.15) is 0 Å². The zero-order chi connectivity index (χ0) is 15.3. The summed E-state index contributed by atoms with van der Waals surface area (Å²) in [6.45, 7) is 4.88. The van der Waals surface area contributed by atoms with Crippen LogP contribution in [0.2, 0.25) is 0 Å². The summed E-state index contributed by atoms with van der Waals surface area (Å²) in [6.07, 6.45) is 2.52. The van der Waals surface area contributed by atoms with Gasteiger partial charge in [-0.2, -0.15) is 0 Å². The van der Waals surface area contributed by atoms with Crippen molar-refractivity contribution in [1.29, 1.82) is 0 Å². The number of aromatic nitrogens is 2. The van der Waals surface area contributed by atoms with Gasteiger partial charge in [-0.15, -0.1) is 0 Å². The molecule has 0 spiro atoms. The number of methoxy groups -OCH3 is 1. The van der Waals surface area contributed by atoms with Gasteiger partial charge in [-0.25, -0.2) is 0 Å². The summed E-state index contributed by atoms with van der Waals surface area (Å²) in [7, 11) is 1.66. The van der Waals surface area contributed by atoms with Gasteiger partial charge in [-0.3, -0.25) is 0 Å². The molecule has 1 aliphatic heterocycles. The van der Waals surface area contributed by atoms with Gasteiger partial charge in [-0.1, -0.05) is 0 Å². The second kappa shape index (κ2) is 5.00. The van der Waals surface area contributed by atoms with E-state index in [2.05, 4.69) is 23.0 Å². The molecule has 2 aromatic rings. The Balaban J connectivity index is 1.77. The summed E-state index contributed by atoms with van der Waals surface area (Å²) < 4.78 is 23.0. The van der Waals surface area contributed by atoms with Crippen molar-refractivity contribution in [2.24, 2.45) is 5.92 Å². The molecule has 0 N–H and O–H groups in total. The summed E-state index contributed by atoms with van der Waals surface area (Å²) in [4.78, 5) is 0. The first-order valence-corrected chi connectivity index (χ1v) is 9.08. The first-order chi connectivity index (χ1) is 10.6. The maximum atomic E-state index is 6.20. The monoisotopic (exact) mass is 366 g/mol. The summed E-state index contributed by atoms with van der Waals surface area (Å²) in [6, 6.07) is 3.89. The third-order valence-corrected chi connectivity index (χ3v) is 6.26. The molecule has 1 fully saturated rings. The van der Waals surface area contributed by atoms with Crippen LogP contribution in [0.25, 0.3) is 11.3 Å².